The van der Waals surface area contributed by atoms with Gasteiger partial charge in [-0.2, -0.15) is 0 Å². The summed E-state index contributed by atoms with van der Waals surface area (Å²) in [5.41, 5.74) is 8.58. The number of amides is 2. The minimum absolute atomic E-state index is 0.150. The molecule has 6 heteroatoms. The van der Waals surface area contributed by atoms with Crippen LogP contribution in [-0.2, 0) is 16.1 Å². The summed E-state index contributed by atoms with van der Waals surface area (Å²) in [5.74, 6) is 0.123. The maximum absolute atomic E-state index is 11.9. The van der Waals surface area contributed by atoms with Gasteiger partial charge in [0.05, 0.1) is 0 Å². The van der Waals surface area contributed by atoms with Gasteiger partial charge in [-0.15, -0.1) is 0 Å². The largest absolute Gasteiger partial charge is 0.445 e. The molecule has 25 heavy (non-hydrogen) atoms. The first kappa shape index (κ1) is 17.0. The zero-order valence-corrected chi connectivity index (χ0v) is 13.8. The molecule has 1 fully saturated rings. The monoisotopic (exact) mass is 339 g/mol. The first-order chi connectivity index (χ1) is 12.1. The van der Waals surface area contributed by atoms with E-state index in [0.717, 1.165) is 12.0 Å². The highest BCUT2D eigenvalue weighted by molar-refractivity contribution is 5.93. The Kier molecular flexibility index (Phi) is 5.30. The highest BCUT2D eigenvalue weighted by Crippen LogP contribution is 2.39. The highest BCUT2D eigenvalue weighted by Gasteiger charge is 2.34. The van der Waals surface area contributed by atoms with Crippen LogP contribution in [0, 0.1) is 0 Å². The molecule has 2 atom stereocenters. The summed E-state index contributed by atoms with van der Waals surface area (Å²) in [6.07, 6.45) is 0.387. The predicted molar refractivity (Wildman–Crippen MR) is 95.0 cm³/mol. The third-order valence-corrected chi connectivity index (χ3v) is 4.07. The van der Waals surface area contributed by atoms with E-state index in [9.17, 15) is 9.59 Å². The number of ether oxygens (including phenoxy) is 1. The molecule has 0 radical (unpaired) electrons. The second-order valence-corrected chi connectivity index (χ2v) is 6.09. The van der Waals surface area contributed by atoms with Crippen LogP contribution in [0.2, 0.25) is 0 Å². The number of carbonyl (C=O) groups is 2. The van der Waals surface area contributed by atoms with Crippen LogP contribution in [-0.4, -0.2) is 24.6 Å². The molecule has 1 aliphatic rings. The Hall–Kier alpha value is -2.86. The van der Waals surface area contributed by atoms with E-state index in [2.05, 4.69) is 10.6 Å². The lowest BCUT2D eigenvalue weighted by Crippen LogP contribution is -2.33. The number of nitrogens with one attached hydrogen (secondary N) is 2. The molecule has 0 heterocycles. The normalized spacial score (nSPS) is 18.3. The van der Waals surface area contributed by atoms with Crippen LogP contribution in [0.4, 0.5) is 10.5 Å². The predicted octanol–water partition coefficient (Wildman–Crippen LogP) is 2.37. The maximum atomic E-state index is 11.9. The van der Waals surface area contributed by atoms with Gasteiger partial charge in [-0.25, -0.2) is 4.79 Å². The number of hydrogen-bond acceptors (Lipinski definition) is 4. The summed E-state index contributed by atoms with van der Waals surface area (Å²) in [6.45, 7) is 0.0158. The average molecular weight is 339 g/mol. The van der Waals surface area contributed by atoms with E-state index in [1.54, 1.807) is 0 Å². The van der Waals surface area contributed by atoms with Crippen molar-refractivity contribution in [1.82, 2.24) is 5.32 Å². The lowest BCUT2D eigenvalue weighted by Gasteiger charge is -2.08. The third-order valence-electron chi connectivity index (χ3n) is 4.07. The smallest absolute Gasteiger partial charge is 0.407 e. The number of alkyl carbamates (subject to hydrolysis) is 1. The molecule has 1 saturated carbocycles. The number of hydrogen-bond donors (Lipinski definition) is 3. The Bertz CT molecular complexity index is 731. The van der Waals surface area contributed by atoms with Crippen molar-refractivity contribution < 1.29 is 14.3 Å². The maximum Gasteiger partial charge on any atom is 0.407 e. The Morgan fingerprint density at radius 2 is 1.76 bits per heavy atom. The van der Waals surface area contributed by atoms with Gasteiger partial charge in [-0.1, -0.05) is 42.5 Å². The number of nitrogens with two attached hydrogens (primary N) is 1. The second kappa shape index (κ2) is 7.81. The van der Waals surface area contributed by atoms with E-state index in [-0.39, 0.29) is 25.1 Å². The lowest BCUT2D eigenvalue weighted by molar-refractivity contribution is -0.115. The van der Waals surface area contributed by atoms with Crippen LogP contribution >= 0.6 is 0 Å². The van der Waals surface area contributed by atoms with Crippen molar-refractivity contribution in [2.24, 2.45) is 5.73 Å². The standard InChI is InChI=1S/C19H21N3O3/c20-17-10-16(17)14-6-8-15(9-7-14)22-18(23)11-21-19(24)25-12-13-4-2-1-3-5-13/h1-9,16-17H,10-12,20H2,(H,21,24)(H,22,23)/t16-,17+/m0/s1. The quantitative estimate of drug-likeness (QED) is 0.753. The van der Waals surface area contributed by atoms with Crippen molar-refractivity contribution >= 4 is 17.7 Å². The molecule has 1 aliphatic carbocycles. The number of rotatable bonds is 6. The van der Waals surface area contributed by atoms with Crippen LogP contribution in [0.15, 0.2) is 54.6 Å². The summed E-state index contributed by atoms with van der Waals surface area (Å²) in [5, 5.41) is 5.16. The molecular weight excluding hydrogens is 318 g/mol. The van der Waals surface area contributed by atoms with Gasteiger partial charge in [0.2, 0.25) is 5.91 Å². The van der Waals surface area contributed by atoms with Crippen LogP contribution < -0.4 is 16.4 Å². The van der Waals surface area contributed by atoms with Crippen LogP contribution in [0.5, 0.6) is 0 Å². The van der Waals surface area contributed by atoms with Crippen LogP contribution in [0.1, 0.15) is 23.5 Å². The van der Waals surface area contributed by atoms with Crippen molar-refractivity contribution in [2.45, 2.75) is 25.0 Å². The van der Waals surface area contributed by atoms with E-state index in [4.69, 9.17) is 10.5 Å². The topological polar surface area (TPSA) is 93.5 Å². The molecule has 0 aromatic heterocycles. The van der Waals surface area contributed by atoms with Crippen LogP contribution in [0.25, 0.3) is 0 Å². The molecular formula is C19H21N3O3. The minimum Gasteiger partial charge on any atom is -0.445 e. The molecule has 2 aromatic carbocycles. The van der Waals surface area contributed by atoms with E-state index >= 15 is 0 Å². The fourth-order valence-electron chi connectivity index (χ4n) is 2.54. The molecule has 0 aliphatic heterocycles. The van der Waals surface area contributed by atoms with Gasteiger partial charge in [0.25, 0.3) is 0 Å². The number of carbonyl (C=O) groups excluding carboxylic acids is 2. The van der Waals surface area contributed by atoms with Gasteiger partial charge in [-0.05, 0) is 29.7 Å². The molecule has 0 unspecified atom stereocenters. The Labute approximate surface area is 146 Å². The van der Waals surface area contributed by atoms with Gasteiger partial charge in [0.1, 0.15) is 13.2 Å². The Morgan fingerprint density at radius 1 is 1.08 bits per heavy atom. The molecule has 0 spiro atoms. The summed E-state index contributed by atoms with van der Waals surface area (Å²) in [4.78, 5) is 23.5. The van der Waals surface area contributed by atoms with Gasteiger partial charge in [0, 0.05) is 17.6 Å². The fourth-order valence-corrected chi connectivity index (χ4v) is 2.54. The summed E-state index contributed by atoms with van der Waals surface area (Å²) >= 11 is 0. The second-order valence-electron chi connectivity index (χ2n) is 6.09. The van der Waals surface area contributed by atoms with Crippen molar-refractivity contribution in [3.05, 3.63) is 65.7 Å². The zero-order chi connectivity index (χ0) is 17.6. The first-order valence-corrected chi connectivity index (χ1v) is 8.22. The summed E-state index contributed by atoms with van der Waals surface area (Å²) in [6, 6.07) is 17.2. The molecule has 4 N–H and O–H groups in total. The Morgan fingerprint density at radius 3 is 2.40 bits per heavy atom. The fraction of sp³-hybridized carbons (Fsp3) is 0.263. The summed E-state index contributed by atoms with van der Waals surface area (Å²) in [7, 11) is 0. The van der Waals surface area contributed by atoms with E-state index in [1.165, 1.54) is 5.56 Å². The first-order valence-electron chi connectivity index (χ1n) is 8.22. The van der Waals surface area contributed by atoms with Gasteiger partial charge >= 0.3 is 6.09 Å². The SMILES string of the molecule is N[C@@H]1C[C@H]1c1ccc(NC(=O)CNC(=O)OCc2ccccc2)cc1. The Balaban J connectivity index is 1.38. The minimum atomic E-state index is -0.628. The molecule has 0 saturated heterocycles. The van der Waals surface area contributed by atoms with E-state index in [0.29, 0.717) is 11.6 Å². The number of benzene rings is 2. The van der Waals surface area contributed by atoms with Crippen molar-refractivity contribution in [3.63, 3.8) is 0 Å². The molecule has 2 amide bonds. The third kappa shape index (κ3) is 5.06. The molecule has 0 bridgehead atoms. The molecule has 130 valence electrons. The lowest BCUT2D eigenvalue weighted by atomic mass is 10.1. The van der Waals surface area contributed by atoms with Crippen molar-refractivity contribution in [1.29, 1.82) is 0 Å². The van der Waals surface area contributed by atoms with Crippen LogP contribution in [0.3, 0.4) is 0 Å². The van der Waals surface area contributed by atoms with Gasteiger partial charge in [-0.3, -0.25) is 4.79 Å². The zero-order valence-electron chi connectivity index (χ0n) is 13.8. The average Bonchev–Trinajstić information content (AvgIpc) is 3.36. The van der Waals surface area contributed by atoms with Gasteiger partial charge in [0.15, 0.2) is 0 Å². The number of anilines is 1. The molecule has 6 nitrogen and oxygen atoms in total. The molecule has 2 aromatic rings. The van der Waals surface area contributed by atoms with E-state index < -0.39 is 6.09 Å². The van der Waals surface area contributed by atoms with Crippen molar-refractivity contribution in [3.8, 4) is 0 Å². The molecule has 3 rings (SSSR count). The van der Waals surface area contributed by atoms with Gasteiger partial charge < -0.3 is 21.1 Å². The highest BCUT2D eigenvalue weighted by atomic mass is 16.5. The van der Waals surface area contributed by atoms with E-state index in [1.807, 2.05) is 54.6 Å². The summed E-state index contributed by atoms with van der Waals surface area (Å²) < 4.78 is 5.05. The van der Waals surface area contributed by atoms with Crippen molar-refractivity contribution in [2.75, 3.05) is 11.9 Å².